The summed E-state index contributed by atoms with van der Waals surface area (Å²) in [5.74, 6) is 0.844. The molecule has 3 rings (SSSR count). The van der Waals surface area contributed by atoms with Gasteiger partial charge in [0.2, 0.25) is 0 Å². The highest BCUT2D eigenvalue weighted by molar-refractivity contribution is 5.42. The highest BCUT2D eigenvalue weighted by atomic mass is 16.5. The van der Waals surface area contributed by atoms with Crippen LogP contribution in [-0.4, -0.2) is 24.3 Å². The van der Waals surface area contributed by atoms with Gasteiger partial charge in [0.05, 0.1) is 0 Å². The van der Waals surface area contributed by atoms with E-state index in [-0.39, 0.29) is 6.10 Å². The molecule has 2 unspecified atom stereocenters. The number of ether oxygens (including phenoxy) is 1. The van der Waals surface area contributed by atoms with Crippen molar-refractivity contribution in [3.8, 4) is 5.75 Å². The molecular formula is C19H23NO2. The Hall–Kier alpha value is -1.84. The Kier molecular flexibility index (Phi) is 3.94. The monoisotopic (exact) mass is 297 g/mol. The SMILES string of the molecule is CNCC1(O)Cc2ccccc2C1Oc1cccc(C)c1C. The molecule has 3 heteroatoms. The molecular weight excluding hydrogens is 274 g/mol. The lowest BCUT2D eigenvalue weighted by molar-refractivity contribution is -0.0487. The van der Waals surface area contributed by atoms with Gasteiger partial charge in [0.25, 0.3) is 0 Å². The molecule has 0 amide bonds. The lowest BCUT2D eigenvalue weighted by atomic mass is 9.97. The summed E-state index contributed by atoms with van der Waals surface area (Å²) in [4.78, 5) is 0. The van der Waals surface area contributed by atoms with Crippen LogP contribution in [0.25, 0.3) is 0 Å². The van der Waals surface area contributed by atoms with Gasteiger partial charge >= 0.3 is 0 Å². The maximum absolute atomic E-state index is 11.1. The van der Waals surface area contributed by atoms with Gasteiger partial charge in [0.1, 0.15) is 11.4 Å². The second-order valence-electron chi connectivity index (χ2n) is 6.21. The average Bonchev–Trinajstić information content (AvgIpc) is 2.76. The Balaban J connectivity index is 2.00. The highest BCUT2D eigenvalue weighted by Gasteiger charge is 2.46. The Morgan fingerprint density at radius 1 is 1.18 bits per heavy atom. The topological polar surface area (TPSA) is 41.5 Å². The normalized spacial score (nSPS) is 23.4. The highest BCUT2D eigenvalue weighted by Crippen LogP contribution is 2.42. The summed E-state index contributed by atoms with van der Waals surface area (Å²) in [6.45, 7) is 4.63. The number of benzene rings is 2. The lowest BCUT2D eigenvalue weighted by Gasteiger charge is -2.31. The van der Waals surface area contributed by atoms with E-state index in [2.05, 4.69) is 37.4 Å². The first-order valence-corrected chi connectivity index (χ1v) is 7.73. The second-order valence-corrected chi connectivity index (χ2v) is 6.21. The molecule has 2 N–H and O–H groups in total. The molecule has 1 aliphatic rings. The lowest BCUT2D eigenvalue weighted by Crippen LogP contribution is -2.45. The summed E-state index contributed by atoms with van der Waals surface area (Å²) in [5.41, 5.74) is 3.64. The van der Waals surface area contributed by atoms with E-state index >= 15 is 0 Å². The van der Waals surface area contributed by atoms with Gasteiger partial charge < -0.3 is 15.2 Å². The zero-order valence-electron chi connectivity index (χ0n) is 13.4. The van der Waals surface area contributed by atoms with Crippen molar-refractivity contribution in [1.82, 2.24) is 5.32 Å². The van der Waals surface area contributed by atoms with E-state index in [1.807, 2.05) is 31.3 Å². The van der Waals surface area contributed by atoms with E-state index in [1.165, 1.54) is 5.56 Å². The molecule has 0 fully saturated rings. The zero-order valence-corrected chi connectivity index (χ0v) is 13.4. The van der Waals surface area contributed by atoms with Crippen molar-refractivity contribution in [3.63, 3.8) is 0 Å². The third-order valence-electron chi connectivity index (χ3n) is 4.60. The molecule has 2 aromatic rings. The predicted molar refractivity (Wildman–Crippen MR) is 88.3 cm³/mol. The molecule has 116 valence electrons. The van der Waals surface area contributed by atoms with Crippen molar-refractivity contribution in [2.45, 2.75) is 32.0 Å². The van der Waals surface area contributed by atoms with Crippen molar-refractivity contribution >= 4 is 0 Å². The van der Waals surface area contributed by atoms with Crippen LogP contribution in [0.4, 0.5) is 0 Å². The Morgan fingerprint density at radius 2 is 1.95 bits per heavy atom. The molecule has 1 aliphatic carbocycles. The van der Waals surface area contributed by atoms with Crippen molar-refractivity contribution in [1.29, 1.82) is 0 Å². The molecule has 2 aromatic carbocycles. The van der Waals surface area contributed by atoms with Crippen LogP contribution in [0.3, 0.4) is 0 Å². The summed E-state index contributed by atoms with van der Waals surface area (Å²) < 4.78 is 6.29. The summed E-state index contributed by atoms with van der Waals surface area (Å²) >= 11 is 0. The molecule has 0 radical (unpaired) electrons. The minimum Gasteiger partial charge on any atom is -0.482 e. The minimum absolute atomic E-state index is 0.350. The second kappa shape index (κ2) is 5.75. The van der Waals surface area contributed by atoms with E-state index in [0.717, 1.165) is 22.4 Å². The number of likely N-dealkylation sites (N-methyl/N-ethyl adjacent to an activating group) is 1. The molecule has 0 heterocycles. The van der Waals surface area contributed by atoms with E-state index in [0.29, 0.717) is 13.0 Å². The van der Waals surface area contributed by atoms with Crippen LogP contribution in [0.5, 0.6) is 5.75 Å². The van der Waals surface area contributed by atoms with Crippen molar-refractivity contribution in [2.24, 2.45) is 0 Å². The smallest absolute Gasteiger partial charge is 0.154 e. The first kappa shape index (κ1) is 15.1. The number of fused-ring (bicyclic) bond motifs is 1. The summed E-state index contributed by atoms with van der Waals surface area (Å²) in [6.07, 6.45) is 0.260. The van der Waals surface area contributed by atoms with Crippen LogP contribution < -0.4 is 10.1 Å². The molecule has 0 aromatic heterocycles. The van der Waals surface area contributed by atoms with Gasteiger partial charge in [0, 0.05) is 13.0 Å². The Labute approximate surface area is 131 Å². The van der Waals surface area contributed by atoms with Gasteiger partial charge in [-0.15, -0.1) is 0 Å². The van der Waals surface area contributed by atoms with Crippen LogP contribution >= 0.6 is 0 Å². The Morgan fingerprint density at radius 3 is 2.73 bits per heavy atom. The summed E-state index contributed by atoms with van der Waals surface area (Å²) in [6, 6.07) is 14.2. The zero-order chi connectivity index (χ0) is 15.7. The molecule has 0 bridgehead atoms. The number of nitrogens with one attached hydrogen (secondary N) is 1. The fourth-order valence-corrected chi connectivity index (χ4v) is 3.28. The maximum atomic E-state index is 11.1. The fourth-order valence-electron chi connectivity index (χ4n) is 3.28. The molecule has 0 saturated heterocycles. The van der Waals surface area contributed by atoms with Gasteiger partial charge in [-0.05, 0) is 49.2 Å². The quantitative estimate of drug-likeness (QED) is 0.911. The number of aliphatic hydroxyl groups is 1. The van der Waals surface area contributed by atoms with E-state index in [9.17, 15) is 5.11 Å². The van der Waals surface area contributed by atoms with Crippen LogP contribution in [-0.2, 0) is 6.42 Å². The number of hydrogen-bond acceptors (Lipinski definition) is 3. The van der Waals surface area contributed by atoms with Crippen molar-refractivity contribution < 1.29 is 9.84 Å². The number of aryl methyl sites for hydroxylation is 1. The number of rotatable bonds is 4. The van der Waals surface area contributed by atoms with Crippen LogP contribution in [0, 0.1) is 13.8 Å². The predicted octanol–water partition coefficient (Wildman–Crippen LogP) is 2.93. The molecule has 0 saturated carbocycles. The largest absolute Gasteiger partial charge is 0.482 e. The van der Waals surface area contributed by atoms with Crippen molar-refractivity contribution in [3.05, 3.63) is 64.7 Å². The Bertz CT molecular complexity index is 683. The third-order valence-corrected chi connectivity index (χ3v) is 4.60. The minimum atomic E-state index is -0.922. The van der Waals surface area contributed by atoms with Gasteiger partial charge in [-0.3, -0.25) is 0 Å². The van der Waals surface area contributed by atoms with Crippen LogP contribution in [0.15, 0.2) is 42.5 Å². The first-order chi connectivity index (χ1) is 10.5. The average molecular weight is 297 g/mol. The van der Waals surface area contributed by atoms with Gasteiger partial charge in [-0.25, -0.2) is 0 Å². The molecule has 2 atom stereocenters. The van der Waals surface area contributed by atoms with E-state index in [1.54, 1.807) is 0 Å². The molecule has 0 aliphatic heterocycles. The molecule has 0 spiro atoms. The summed E-state index contributed by atoms with van der Waals surface area (Å²) in [5, 5.41) is 14.2. The van der Waals surface area contributed by atoms with Crippen LogP contribution in [0.2, 0.25) is 0 Å². The third kappa shape index (κ3) is 2.51. The number of hydrogen-bond donors (Lipinski definition) is 2. The summed E-state index contributed by atoms with van der Waals surface area (Å²) in [7, 11) is 1.86. The van der Waals surface area contributed by atoms with Gasteiger partial charge in [-0.2, -0.15) is 0 Å². The van der Waals surface area contributed by atoms with E-state index in [4.69, 9.17) is 4.74 Å². The van der Waals surface area contributed by atoms with Crippen LogP contribution in [0.1, 0.15) is 28.4 Å². The fraction of sp³-hybridized carbons (Fsp3) is 0.368. The van der Waals surface area contributed by atoms with Gasteiger partial charge in [0.15, 0.2) is 6.10 Å². The molecule has 22 heavy (non-hydrogen) atoms. The maximum Gasteiger partial charge on any atom is 0.154 e. The van der Waals surface area contributed by atoms with E-state index < -0.39 is 5.60 Å². The molecule has 3 nitrogen and oxygen atoms in total. The van der Waals surface area contributed by atoms with Crippen molar-refractivity contribution in [2.75, 3.05) is 13.6 Å². The standard InChI is InChI=1S/C19H23NO2/c1-13-7-6-10-17(14(13)2)22-18-16-9-5-4-8-15(16)11-19(18,21)12-20-3/h4-10,18,20-21H,11-12H2,1-3H3. The first-order valence-electron chi connectivity index (χ1n) is 7.73. The van der Waals surface area contributed by atoms with Gasteiger partial charge in [-0.1, -0.05) is 36.4 Å².